The number of hydrogen-bond acceptors (Lipinski definition) is 1. The lowest BCUT2D eigenvalue weighted by Gasteiger charge is -2.15. The molecule has 0 atom stereocenters. The van der Waals surface area contributed by atoms with E-state index < -0.39 is 0 Å². The van der Waals surface area contributed by atoms with E-state index in [4.69, 9.17) is 33.7 Å². The quantitative estimate of drug-likeness (QED) is 0.686. The van der Waals surface area contributed by atoms with E-state index in [9.17, 15) is 0 Å². The lowest BCUT2D eigenvalue weighted by atomic mass is 10.1. The molecule has 2 rings (SSSR count). The lowest BCUT2D eigenvalue weighted by Crippen LogP contribution is -2.36. The standard InChI is InChI=1S/C13H16Cl2N2O/c14-11-5-4-10(8-12(11)15)18-9-13(16)17-6-2-1-3-7-17/h4-5,8,16H,1-3,6-7,9H2/p+1. The van der Waals surface area contributed by atoms with Crippen molar-refractivity contribution in [3.05, 3.63) is 28.2 Å². The Labute approximate surface area is 117 Å². The fourth-order valence-corrected chi connectivity index (χ4v) is 2.28. The minimum absolute atomic E-state index is 0.387. The fraction of sp³-hybridized carbons (Fsp3) is 0.462. The molecule has 0 saturated carbocycles. The third-order valence-electron chi connectivity index (χ3n) is 3.04. The van der Waals surface area contributed by atoms with Gasteiger partial charge in [0.25, 0.3) is 5.84 Å². The number of amidine groups is 1. The van der Waals surface area contributed by atoms with E-state index >= 15 is 0 Å². The Morgan fingerprint density at radius 2 is 1.89 bits per heavy atom. The van der Waals surface area contributed by atoms with Gasteiger partial charge >= 0.3 is 0 Å². The molecule has 5 heteroatoms. The van der Waals surface area contributed by atoms with Crippen LogP contribution in [0, 0.1) is 0 Å². The van der Waals surface area contributed by atoms with Gasteiger partial charge in [-0.2, -0.15) is 0 Å². The second-order valence-electron chi connectivity index (χ2n) is 4.40. The van der Waals surface area contributed by atoms with Gasteiger partial charge in [-0.1, -0.05) is 23.2 Å². The molecule has 0 radical (unpaired) electrons. The van der Waals surface area contributed by atoms with Gasteiger partial charge in [0.1, 0.15) is 5.75 Å². The van der Waals surface area contributed by atoms with Gasteiger partial charge in [0, 0.05) is 6.07 Å². The molecule has 0 aliphatic carbocycles. The van der Waals surface area contributed by atoms with Crippen molar-refractivity contribution in [3.63, 3.8) is 0 Å². The van der Waals surface area contributed by atoms with Gasteiger partial charge in [-0.15, -0.1) is 0 Å². The van der Waals surface area contributed by atoms with E-state index in [-0.39, 0.29) is 0 Å². The number of piperidine rings is 1. The zero-order valence-electron chi connectivity index (χ0n) is 10.2. The van der Waals surface area contributed by atoms with Crippen LogP contribution in [-0.4, -0.2) is 30.1 Å². The molecule has 2 N–H and O–H groups in total. The molecule has 1 aliphatic heterocycles. The molecule has 0 amide bonds. The summed E-state index contributed by atoms with van der Waals surface area (Å²) in [6.45, 7) is 2.44. The second-order valence-corrected chi connectivity index (χ2v) is 5.22. The number of hydrogen-bond donors (Lipinski definition) is 1. The number of nitrogens with two attached hydrogens (primary N) is 1. The molecule has 1 aromatic carbocycles. The van der Waals surface area contributed by atoms with E-state index in [1.165, 1.54) is 19.3 Å². The van der Waals surface area contributed by atoms with Gasteiger partial charge in [-0.25, -0.2) is 0 Å². The first-order valence-electron chi connectivity index (χ1n) is 6.11. The van der Waals surface area contributed by atoms with Gasteiger partial charge in [-0.05, 0) is 31.4 Å². The molecule has 1 saturated heterocycles. The number of rotatable bonds is 3. The summed E-state index contributed by atoms with van der Waals surface area (Å²) >= 11 is 11.8. The zero-order valence-corrected chi connectivity index (χ0v) is 11.7. The predicted octanol–water partition coefficient (Wildman–Crippen LogP) is 2.93. The average molecular weight is 288 g/mol. The fourth-order valence-electron chi connectivity index (χ4n) is 2.00. The Morgan fingerprint density at radius 3 is 2.56 bits per heavy atom. The molecule has 98 valence electrons. The highest BCUT2D eigenvalue weighted by atomic mass is 35.5. The topological polar surface area (TPSA) is 38.3 Å². The van der Waals surface area contributed by atoms with E-state index in [2.05, 4.69) is 4.58 Å². The molecule has 1 aliphatic rings. The first kappa shape index (κ1) is 13.5. The van der Waals surface area contributed by atoms with Crippen molar-refractivity contribution in [1.29, 1.82) is 0 Å². The largest absolute Gasteiger partial charge is 0.481 e. The van der Waals surface area contributed by atoms with Gasteiger partial charge in [0.05, 0.1) is 23.1 Å². The summed E-state index contributed by atoms with van der Waals surface area (Å²) in [6, 6.07) is 5.21. The van der Waals surface area contributed by atoms with Crippen LogP contribution >= 0.6 is 23.2 Å². The van der Waals surface area contributed by atoms with Gasteiger partial charge in [0.2, 0.25) is 0 Å². The molecule has 18 heavy (non-hydrogen) atoms. The molecule has 1 aromatic rings. The Hall–Kier alpha value is -0.930. The van der Waals surface area contributed by atoms with Gasteiger partial charge < -0.3 is 4.74 Å². The highest BCUT2D eigenvalue weighted by Gasteiger charge is 2.13. The highest BCUT2D eigenvalue weighted by molar-refractivity contribution is 6.42. The van der Waals surface area contributed by atoms with Crippen LogP contribution in [0.5, 0.6) is 5.75 Å². The van der Waals surface area contributed by atoms with Crippen molar-refractivity contribution in [2.24, 2.45) is 5.73 Å². The Balaban J connectivity index is 1.96. The van der Waals surface area contributed by atoms with Crippen molar-refractivity contribution in [1.82, 2.24) is 0 Å². The summed E-state index contributed by atoms with van der Waals surface area (Å²) in [7, 11) is 0. The number of halogens is 2. The normalized spacial score (nSPS) is 15.6. The molecule has 1 fully saturated rings. The zero-order chi connectivity index (χ0) is 13.0. The van der Waals surface area contributed by atoms with E-state index in [0.717, 1.165) is 18.9 Å². The van der Waals surface area contributed by atoms with Crippen molar-refractivity contribution >= 4 is 29.0 Å². The maximum Gasteiger partial charge on any atom is 0.281 e. The molecular weight excluding hydrogens is 271 g/mol. The molecule has 3 nitrogen and oxygen atoms in total. The molecule has 0 aromatic heterocycles. The third-order valence-corrected chi connectivity index (χ3v) is 3.78. The van der Waals surface area contributed by atoms with Crippen LogP contribution in [0.15, 0.2) is 18.2 Å². The van der Waals surface area contributed by atoms with E-state index in [1.54, 1.807) is 18.2 Å². The first-order chi connectivity index (χ1) is 8.66. The minimum atomic E-state index is 0.387. The number of benzene rings is 1. The van der Waals surface area contributed by atoms with Crippen molar-refractivity contribution in [2.45, 2.75) is 19.3 Å². The summed E-state index contributed by atoms with van der Waals surface area (Å²) in [5.41, 5.74) is 6.02. The molecule has 0 unspecified atom stereocenters. The smallest absolute Gasteiger partial charge is 0.281 e. The second kappa shape index (κ2) is 6.30. The Bertz CT molecular complexity index is 452. The predicted molar refractivity (Wildman–Crippen MR) is 75.0 cm³/mol. The molecule has 0 spiro atoms. The monoisotopic (exact) mass is 287 g/mol. The van der Waals surface area contributed by atoms with Gasteiger partial charge in [0.15, 0.2) is 6.61 Å². The van der Waals surface area contributed by atoms with E-state index in [0.29, 0.717) is 22.4 Å². The van der Waals surface area contributed by atoms with Crippen LogP contribution < -0.4 is 10.5 Å². The van der Waals surface area contributed by atoms with E-state index in [1.807, 2.05) is 0 Å². The molecule has 0 bridgehead atoms. The first-order valence-corrected chi connectivity index (χ1v) is 6.86. The van der Waals surface area contributed by atoms with Crippen molar-refractivity contribution < 1.29 is 9.31 Å². The Morgan fingerprint density at radius 1 is 1.17 bits per heavy atom. The van der Waals surface area contributed by atoms with Crippen LogP contribution in [-0.2, 0) is 0 Å². The molecular formula is C13H17Cl2N2O+. The summed E-state index contributed by atoms with van der Waals surface area (Å²) in [4.78, 5) is 0. The molecule has 1 heterocycles. The van der Waals surface area contributed by atoms with Crippen LogP contribution in [0.3, 0.4) is 0 Å². The number of ether oxygens (including phenoxy) is 1. The lowest BCUT2D eigenvalue weighted by molar-refractivity contribution is -0.539. The maximum atomic E-state index is 6.02. The Kier molecular flexibility index (Phi) is 4.72. The summed E-state index contributed by atoms with van der Waals surface area (Å²) < 4.78 is 7.79. The van der Waals surface area contributed by atoms with Crippen LogP contribution in [0.2, 0.25) is 10.0 Å². The number of nitrogens with zero attached hydrogens (tertiary/aromatic N) is 1. The summed E-state index contributed by atoms with van der Waals surface area (Å²) in [5.74, 6) is 1.46. The SMILES string of the molecule is NC(COc1ccc(Cl)c(Cl)c1)=[N+]1CCCCC1. The third kappa shape index (κ3) is 3.53. The minimum Gasteiger partial charge on any atom is -0.481 e. The maximum absolute atomic E-state index is 6.02. The summed E-state index contributed by atoms with van der Waals surface area (Å²) in [5, 5.41) is 1.02. The summed E-state index contributed by atoms with van der Waals surface area (Å²) in [6.07, 6.45) is 3.69. The van der Waals surface area contributed by atoms with Crippen molar-refractivity contribution in [2.75, 3.05) is 19.7 Å². The van der Waals surface area contributed by atoms with Gasteiger partial charge in [-0.3, -0.25) is 10.3 Å². The van der Waals surface area contributed by atoms with Crippen LogP contribution in [0.4, 0.5) is 0 Å². The highest BCUT2D eigenvalue weighted by Crippen LogP contribution is 2.26. The van der Waals surface area contributed by atoms with Crippen molar-refractivity contribution in [3.8, 4) is 5.75 Å². The average Bonchev–Trinajstić information content (AvgIpc) is 2.41. The van der Waals surface area contributed by atoms with Crippen LogP contribution in [0.25, 0.3) is 0 Å². The van der Waals surface area contributed by atoms with Crippen LogP contribution in [0.1, 0.15) is 19.3 Å².